The molecule has 0 atom stereocenters. The summed E-state index contributed by atoms with van der Waals surface area (Å²) in [5.74, 6) is 0. The molecule has 1 rings (SSSR count). The van der Waals surface area contributed by atoms with Gasteiger partial charge < -0.3 is 4.55 Å². The number of unbranched alkanes of at least 4 members (excludes halogenated alkanes) is 4. The van der Waals surface area contributed by atoms with Crippen LogP contribution < -0.4 is 4.57 Å². The summed E-state index contributed by atoms with van der Waals surface area (Å²) in [6.07, 6.45) is 11.8. The molecule has 4 nitrogen and oxygen atoms in total. The molecule has 19 heavy (non-hydrogen) atoms. The number of aromatic nitrogens is 1. The second kappa shape index (κ2) is 9.92. The van der Waals surface area contributed by atoms with Gasteiger partial charge in [-0.15, -0.1) is 0 Å². The first-order valence-corrected chi connectivity index (χ1v) is 8.51. The van der Waals surface area contributed by atoms with Crippen molar-refractivity contribution in [1.29, 1.82) is 0 Å². The predicted molar refractivity (Wildman–Crippen MR) is 75.8 cm³/mol. The van der Waals surface area contributed by atoms with E-state index in [1.807, 2.05) is 0 Å². The van der Waals surface area contributed by atoms with Crippen molar-refractivity contribution < 1.29 is 17.5 Å². The molecule has 0 aliphatic rings. The zero-order chi connectivity index (χ0) is 14.7. The van der Waals surface area contributed by atoms with E-state index in [-0.39, 0.29) is 0 Å². The van der Waals surface area contributed by atoms with Crippen LogP contribution in [-0.2, 0) is 16.7 Å². The minimum Gasteiger partial charge on any atom is -0.748 e. The molecule has 0 radical (unpaired) electrons. The van der Waals surface area contributed by atoms with Crippen molar-refractivity contribution in [3.63, 3.8) is 0 Å². The molecule has 0 aliphatic carbocycles. The minimum absolute atomic E-state index is 0.604. The van der Waals surface area contributed by atoms with Crippen LogP contribution in [0.25, 0.3) is 0 Å². The molecule has 0 amide bonds. The van der Waals surface area contributed by atoms with Crippen LogP contribution in [0.2, 0.25) is 0 Å². The lowest BCUT2D eigenvalue weighted by atomic mass is 10.1. The van der Waals surface area contributed by atoms with E-state index in [0.717, 1.165) is 0 Å². The highest BCUT2D eigenvalue weighted by Gasteiger charge is 1.99. The average molecular weight is 287 g/mol. The Morgan fingerprint density at radius 3 is 2.32 bits per heavy atom. The zero-order valence-electron chi connectivity index (χ0n) is 12.1. The lowest BCUT2D eigenvalue weighted by molar-refractivity contribution is -0.697. The molecule has 1 aromatic rings. The quantitative estimate of drug-likeness (QED) is 0.458. The topological polar surface area (TPSA) is 61.1 Å². The first-order valence-electron chi connectivity index (χ1n) is 6.69. The number of nitrogens with zero attached hydrogens (tertiary/aromatic N) is 1. The molecule has 0 unspecified atom stereocenters. The van der Waals surface area contributed by atoms with Gasteiger partial charge in [-0.2, -0.15) is 0 Å². The SMILES string of the molecule is CCCCCCC[n+]1cccc(C)c1.CS(=O)(=O)[O-]. The highest BCUT2D eigenvalue weighted by Crippen LogP contribution is 2.02. The van der Waals surface area contributed by atoms with Crippen LogP contribution in [0.5, 0.6) is 0 Å². The van der Waals surface area contributed by atoms with Gasteiger partial charge in [0.05, 0.1) is 10.1 Å². The standard InChI is InChI=1S/C13H22N.CH4O3S/c1-3-4-5-6-7-10-14-11-8-9-13(2)12-14;1-5(2,3)4/h8-9,11-12H,3-7,10H2,1-2H3;1H3,(H,2,3,4)/q+1;/p-1. The third kappa shape index (κ3) is 15.0. The second-order valence-electron chi connectivity index (χ2n) is 4.74. The molecule has 0 bridgehead atoms. The molecule has 0 fully saturated rings. The van der Waals surface area contributed by atoms with Crippen molar-refractivity contribution in [3.8, 4) is 0 Å². The lowest BCUT2D eigenvalue weighted by Crippen LogP contribution is -2.32. The van der Waals surface area contributed by atoms with Crippen LogP contribution in [0.3, 0.4) is 0 Å². The molecule has 110 valence electrons. The second-order valence-corrected chi connectivity index (χ2v) is 6.15. The lowest BCUT2D eigenvalue weighted by Gasteiger charge is -1.98. The number of hydrogen-bond acceptors (Lipinski definition) is 3. The first-order chi connectivity index (χ1) is 8.83. The number of rotatable bonds is 6. The Labute approximate surface area is 117 Å². The highest BCUT2D eigenvalue weighted by molar-refractivity contribution is 7.84. The van der Waals surface area contributed by atoms with E-state index in [1.54, 1.807) is 0 Å². The van der Waals surface area contributed by atoms with Crippen molar-refractivity contribution in [3.05, 3.63) is 30.1 Å². The van der Waals surface area contributed by atoms with Crippen molar-refractivity contribution in [2.24, 2.45) is 0 Å². The van der Waals surface area contributed by atoms with E-state index in [2.05, 4.69) is 42.9 Å². The van der Waals surface area contributed by atoms with Gasteiger partial charge in [0.15, 0.2) is 12.4 Å². The summed E-state index contributed by atoms with van der Waals surface area (Å²) in [6.45, 7) is 5.58. The van der Waals surface area contributed by atoms with Gasteiger partial charge in [-0.3, -0.25) is 0 Å². The van der Waals surface area contributed by atoms with Gasteiger partial charge in [0, 0.05) is 24.3 Å². The Bertz CT molecular complexity index is 436. The molecule has 0 spiro atoms. The average Bonchev–Trinajstić information content (AvgIpc) is 2.27. The maximum absolute atomic E-state index is 9.08. The summed E-state index contributed by atoms with van der Waals surface area (Å²) in [6, 6.07) is 4.27. The van der Waals surface area contributed by atoms with Gasteiger partial charge >= 0.3 is 0 Å². The fraction of sp³-hybridized carbons (Fsp3) is 0.643. The van der Waals surface area contributed by atoms with Crippen LogP contribution in [0.1, 0.15) is 44.6 Å². The first kappa shape index (κ1) is 18.1. The Hall–Kier alpha value is -0.940. The summed E-state index contributed by atoms with van der Waals surface area (Å²) < 4.78 is 29.5. The molecule has 0 saturated heterocycles. The summed E-state index contributed by atoms with van der Waals surface area (Å²) in [5.41, 5.74) is 1.35. The van der Waals surface area contributed by atoms with E-state index in [9.17, 15) is 0 Å². The van der Waals surface area contributed by atoms with Gasteiger partial charge in [0.1, 0.15) is 6.54 Å². The molecule has 0 saturated carbocycles. The van der Waals surface area contributed by atoms with Crippen LogP contribution in [0.4, 0.5) is 0 Å². The molecule has 0 N–H and O–H groups in total. The number of aryl methyl sites for hydroxylation is 2. The summed E-state index contributed by atoms with van der Waals surface area (Å²) in [4.78, 5) is 0. The molecule has 5 heteroatoms. The fourth-order valence-corrected chi connectivity index (χ4v) is 1.69. The summed E-state index contributed by atoms with van der Waals surface area (Å²) >= 11 is 0. The number of pyridine rings is 1. The Morgan fingerprint density at radius 1 is 1.21 bits per heavy atom. The van der Waals surface area contributed by atoms with E-state index in [0.29, 0.717) is 6.26 Å². The predicted octanol–water partition coefficient (Wildman–Crippen LogP) is 2.41. The Kier molecular flexibility index (Phi) is 9.43. The summed E-state index contributed by atoms with van der Waals surface area (Å²) in [7, 11) is -3.92. The third-order valence-electron chi connectivity index (χ3n) is 2.53. The van der Waals surface area contributed by atoms with Gasteiger partial charge in [0.2, 0.25) is 0 Å². The van der Waals surface area contributed by atoms with Crippen LogP contribution >= 0.6 is 0 Å². The largest absolute Gasteiger partial charge is 0.748 e. The maximum atomic E-state index is 9.08. The third-order valence-corrected chi connectivity index (χ3v) is 2.53. The molecule has 0 aromatic carbocycles. The van der Waals surface area contributed by atoms with E-state index >= 15 is 0 Å². The molecular formula is C14H25NO3S. The van der Waals surface area contributed by atoms with Gasteiger partial charge in [-0.25, -0.2) is 13.0 Å². The number of hydrogen-bond donors (Lipinski definition) is 0. The van der Waals surface area contributed by atoms with Crippen LogP contribution in [0, 0.1) is 6.92 Å². The zero-order valence-corrected chi connectivity index (χ0v) is 12.9. The van der Waals surface area contributed by atoms with E-state index in [4.69, 9.17) is 13.0 Å². The maximum Gasteiger partial charge on any atom is 0.171 e. The van der Waals surface area contributed by atoms with E-state index in [1.165, 1.54) is 44.2 Å². The van der Waals surface area contributed by atoms with E-state index < -0.39 is 10.1 Å². The van der Waals surface area contributed by atoms with Crippen molar-refractivity contribution in [2.75, 3.05) is 6.26 Å². The highest BCUT2D eigenvalue weighted by atomic mass is 32.2. The van der Waals surface area contributed by atoms with Crippen LogP contribution in [0.15, 0.2) is 24.5 Å². The fourth-order valence-electron chi connectivity index (χ4n) is 1.69. The molecule has 1 heterocycles. The molecular weight excluding hydrogens is 262 g/mol. The minimum atomic E-state index is -3.92. The Morgan fingerprint density at radius 2 is 1.79 bits per heavy atom. The normalized spacial score (nSPS) is 10.7. The van der Waals surface area contributed by atoms with Crippen molar-refractivity contribution in [1.82, 2.24) is 0 Å². The van der Waals surface area contributed by atoms with Crippen molar-refractivity contribution >= 4 is 10.1 Å². The van der Waals surface area contributed by atoms with Gasteiger partial charge in [-0.05, 0) is 19.4 Å². The summed E-state index contributed by atoms with van der Waals surface area (Å²) in [5, 5.41) is 0. The van der Waals surface area contributed by atoms with Gasteiger partial charge in [0.25, 0.3) is 0 Å². The van der Waals surface area contributed by atoms with Crippen molar-refractivity contribution in [2.45, 2.75) is 52.5 Å². The van der Waals surface area contributed by atoms with Gasteiger partial charge in [-0.1, -0.05) is 26.2 Å². The Balaban J connectivity index is 0.000000555. The molecule has 1 aromatic heterocycles. The van der Waals surface area contributed by atoms with Crippen LogP contribution in [-0.4, -0.2) is 19.2 Å². The smallest absolute Gasteiger partial charge is 0.171 e. The monoisotopic (exact) mass is 287 g/mol. The molecule has 0 aliphatic heterocycles.